The number of fused-ring (bicyclic) bond motifs is 1. The van der Waals surface area contributed by atoms with Crippen molar-refractivity contribution >= 4 is 41.0 Å². The fourth-order valence-electron chi connectivity index (χ4n) is 4.95. The van der Waals surface area contributed by atoms with Crippen molar-refractivity contribution in [2.45, 2.75) is 52.2 Å². The van der Waals surface area contributed by atoms with E-state index in [0.717, 1.165) is 6.42 Å². The van der Waals surface area contributed by atoms with Crippen LogP contribution in [0, 0.1) is 23.2 Å². The molecule has 1 saturated heterocycles. The molecular weight excluding hydrogens is 522 g/mol. The number of nitrogens with one attached hydrogen (secondary N) is 1. The first-order valence-corrected chi connectivity index (χ1v) is 13.6. The molecule has 1 aliphatic heterocycles. The number of carbonyl (C=O) groups excluding carboxylic acids is 3. The summed E-state index contributed by atoms with van der Waals surface area (Å²) >= 11 is 0. The first-order chi connectivity index (χ1) is 19.5. The van der Waals surface area contributed by atoms with Gasteiger partial charge in [0.05, 0.1) is 19.3 Å². The van der Waals surface area contributed by atoms with Gasteiger partial charge in [-0.3, -0.25) is 14.2 Å². The second-order valence-electron chi connectivity index (χ2n) is 11.3. The number of amides is 2. The van der Waals surface area contributed by atoms with E-state index in [1.54, 1.807) is 62.2 Å². The Morgan fingerprint density at radius 2 is 1.95 bits per heavy atom. The SMILES string of the molecule is C[C@@H]1CCN(C(=O)CC#N)CC1C=[N+](C)c1ncnc2c1ccn2C(=O)[C@@H](NC(=O)OC(C)(C)C)c1ccccc1. The summed E-state index contributed by atoms with van der Waals surface area (Å²) in [6, 6.07) is 11.7. The van der Waals surface area contributed by atoms with Crippen LogP contribution in [-0.4, -0.2) is 73.9 Å². The molecule has 4 rings (SSSR count). The average Bonchev–Trinajstić information content (AvgIpc) is 3.36. The topological polar surface area (TPSA) is 133 Å². The van der Waals surface area contributed by atoms with Gasteiger partial charge in [-0.15, -0.1) is 0 Å². The highest BCUT2D eigenvalue weighted by atomic mass is 16.6. The molecule has 0 radical (unpaired) electrons. The van der Waals surface area contributed by atoms with Crippen LogP contribution in [0.2, 0.25) is 0 Å². The van der Waals surface area contributed by atoms with Gasteiger partial charge in [0.15, 0.2) is 5.65 Å². The zero-order valence-corrected chi connectivity index (χ0v) is 24.1. The summed E-state index contributed by atoms with van der Waals surface area (Å²) in [6.45, 7) is 8.58. The molecule has 0 spiro atoms. The monoisotopic (exact) mass is 558 g/mol. The molecule has 0 aliphatic carbocycles. The lowest BCUT2D eigenvalue weighted by molar-refractivity contribution is -0.405. The van der Waals surface area contributed by atoms with E-state index in [9.17, 15) is 14.4 Å². The zero-order valence-electron chi connectivity index (χ0n) is 24.1. The lowest BCUT2D eigenvalue weighted by Crippen LogP contribution is -2.44. The van der Waals surface area contributed by atoms with Crippen LogP contribution >= 0.6 is 0 Å². The van der Waals surface area contributed by atoms with Crippen molar-refractivity contribution in [2.75, 3.05) is 20.1 Å². The van der Waals surface area contributed by atoms with Gasteiger partial charge in [-0.2, -0.15) is 10.2 Å². The van der Waals surface area contributed by atoms with Crippen LogP contribution in [0.4, 0.5) is 10.6 Å². The maximum Gasteiger partial charge on any atom is 0.408 e. The number of hydrogen-bond donors (Lipinski definition) is 1. The molecule has 0 saturated carbocycles. The van der Waals surface area contributed by atoms with Crippen LogP contribution in [0.5, 0.6) is 0 Å². The van der Waals surface area contributed by atoms with Gasteiger partial charge in [-0.05, 0) is 49.7 Å². The standard InChI is InChI=1S/C30H35N7O4/c1-20-12-15-36(24(38)11-14-31)18-22(20)17-35(5)26-23-13-16-37(27(23)33-19-32-26)28(39)25(21-9-7-6-8-10-21)34-29(40)41-30(2,3)4/h6-10,13,16-17,19-20,22,25H,11-12,15,18H2,1-5H3/p+1/t20-,22?,25+/m1/s1. The highest BCUT2D eigenvalue weighted by Crippen LogP contribution is 2.27. The van der Waals surface area contributed by atoms with Gasteiger partial charge < -0.3 is 15.0 Å². The highest BCUT2D eigenvalue weighted by Gasteiger charge is 2.31. The van der Waals surface area contributed by atoms with Crippen molar-refractivity contribution in [2.24, 2.45) is 11.8 Å². The number of piperidine rings is 1. The van der Waals surface area contributed by atoms with Crippen molar-refractivity contribution in [3.8, 4) is 6.07 Å². The maximum absolute atomic E-state index is 13.9. The van der Waals surface area contributed by atoms with Crippen LogP contribution in [0.1, 0.15) is 56.9 Å². The summed E-state index contributed by atoms with van der Waals surface area (Å²) in [7, 11) is 1.88. The van der Waals surface area contributed by atoms with E-state index in [1.807, 2.05) is 30.0 Å². The molecule has 1 aromatic carbocycles. The first kappa shape index (κ1) is 29.4. The van der Waals surface area contributed by atoms with Gasteiger partial charge in [0, 0.05) is 25.2 Å². The van der Waals surface area contributed by atoms with Gasteiger partial charge >= 0.3 is 11.9 Å². The Hall–Kier alpha value is -4.59. The van der Waals surface area contributed by atoms with Gasteiger partial charge in [-0.25, -0.2) is 9.37 Å². The molecule has 11 nitrogen and oxygen atoms in total. The number of aromatic nitrogens is 3. The molecule has 3 aromatic rings. The summed E-state index contributed by atoms with van der Waals surface area (Å²) in [5.74, 6) is 0.433. The molecule has 11 heteroatoms. The number of alkyl carbamates (subject to hydrolysis) is 1. The molecule has 2 aromatic heterocycles. The predicted molar refractivity (Wildman–Crippen MR) is 153 cm³/mol. The van der Waals surface area contributed by atoms with Crippen LogP contribution in [0.3, 0.4) is 0 Å². The van der Waals surface area contributed by atoms with Crippen molar-refractivity contribution < 1.29 is 23.7 Å². The van der Waals surface area contributed by atoms with Gasteiger partial charge in [-0.1, -0.05) is 37.3 Å². The Morgan fingerprint density at radius 1 is 1.22 bits per heavy atom. The minimum absolute atomic E-state index is 0.0608. The van der Waals surface area contributed by atoms with Gasteiger partial charge in [0.1, 0.15) is 23.4 Å². The molecule has 1 N–H and O–H groups in total. The number of ether oxygens (including phenoxy) is 1. The molecule has 0 bridgehead atoms. The highest BCUT2D eigenvalue weighted by molar-refractivity contribution is 5.97. The van der Waals surface area contributed by atoms with E-state index in [2.05, 4.69) is 22.2 Å². The largest absolute Gasteiger partial charge is 0.444 e. The van der Waals surface area contributed by atoms with E-state index in [4.69, 9.17) is 10.00 Å². The lowest BCUT2D eigenvalue weighted by atomic mass is 9.87. The van der Waals surface area contributed by atoms with Crippen molar-refractivity contribution in [1.29, 1.82) is 5.26 Å². The van der Waals surface area contributed by atoms with Crippen molar-refractivity contribution in [3.05, 3.63) is 54.5 Å². The molecule has 1 unspecified atom stereocenters. The number of rotatable bonds is 6. The maximum atomic E-state index is 13.9. The third-order valence-corrected chi connectivity index (χ3v) is 7.09. The quantitative estimate of drug-likeness (QED) is 0.356. The van der Waals surface area contributed by atoms with Crippen molar-refractivity contribution in [1.82, 2.24) is 24.8 Å². The summed E-state index contributed by atoms with van der Waals surface area (Å²) < 4.78 is 8.73. The minimum atomic E-state index is -1.01. The number of hydrogen-bond acceptors (Lipinski definition) is 7. The number of likely N-dealkylation sites (tertiary alicyclic amines) is 1. The first-order valence-electron chi connectivity index (χ1n) is 13.6. The second-order valence-corrected chi connectivity index (χ2v) is 11.3. The third kappa shape index (κ3) is 6.95. The number of nitriles is 1. The molecule has 1 fully saturated rings. The predicted octanol–water partition coefficient (Wildman–Crippen LogP) is 4.08. The van der Waals surface area contributed by atoms with Crippen LogP contribution in [0.25, 0.3) is 11.0 Å². The van der Waals surface area contributed by atoms with E-state index in [0.29, 0.717) is 41.4 Å². The van der Waals surface area contributed by atoms with E-state index < -0.39 is 23.6 Å². The Morgan fingerprint density at radius 3 is 2.63 bits per heavy atom. The zero-order chi connectivity index (χ0) is 29.7. The van der Waals surface area contributed by atoms with E-state index >= 15 is 0 Å². The normalized spacial score (nSPS) is 18.4. The molecule has 2 amide bonds. The van der Waals surface area contributed by atoms with E-state index in [-0.39, 0.29) is 18.2 Å². The fourth-order valence-corrected chi connectivity index (χ4v) is 4.95. The van der Waals surface area contributed by atoms with Crippen LogP contribution in [-0.2, 0) is 9.53 Å². The van der Waals surface area contributed by atoms with Crippen molar-refractivity contribution in [3.63, 3.8) is 0 Å². The molecule has 214 valence electrons. The minimum Gasteiger partial charge on any atom is -0.444 e. The fraction of sp³-hybridized carbons (Fsp3) is 0.433. The van der Waals surface area contributed by atoms with Gasteiger partial charge in [0.2, 0.25) is 12.2 Å². The van der Waals surface area contributed by atoms with Crippen LogP contribution < -0.4 is 5.32 Å². The summed E-state index contributed by atoms with van der Waals surface area (Å²) in [5.41, 5.74) is 0.273. The average molecular weight is 559 g/mol. The van der Waals surface area contributed by atoms with Crippen LogP contribution in [0.15, 0.2) is 48.9 Å². The molecule has 3 heterocycles. The second kappa shape index (κ2) is 12.3. The molecular formula is C30H36N7O4+. The molecule has 3 atom stereocenters. The number of carbonyl (C=O) groups is 3. The molecule has 1 aliphatic rings. The Labute approximate surface area is 239 Å². The number of benzene rings is 1. The smallest absolute Gasteiger partial charge is 0.408 e. The van der Waals surface area contributed by atoms with E-state index in [1.165, 1.54) is 10.9 Å². The molecule has 41 heavy (non-hydrogen) atoms. The third-order valence-electron chi connectivity index (χ3n) is 7.09. The number of nitrogens with zero attached hydrogens (tertiary/aromatic N) is 6. The summed E-state index contributed by atoms with van der Waals surface area (Å²) in [6.07, 6.45) is 5.06. The Bertz CT molecular complexity index is 1500. The van der Waals surface area contributed by atoms with Gasteiger partial charge in [0.25, 0.3) is 5.91 Å². The Balaban J connectivity index is 1.65. The lowest BCUT2D eigenvalue weighted by Gasteiger charge is -2.34. The summed E-state index contributed by atoms with van der Waals surface area (Å²) in [4.78, 5) is 49.5. The summed E-state index contributed by atoms with van der Waals surface area (Å²) in [5, 5.41) is 12.3. The Kier molecular flexibility index (Phi) is 8.81.